The van der Waals surface area contributed by atoms with Crippen molar-refractivity contribution in [2.75, 3.05) is 30.5 Å². The lowest BCUT2D eigenvalue weighted by molar-refractivity contribution is -0.121. The SMILES string of the molecule is COC(=O)c1cccc(C#Cc2cccc(NC(=O)CCN3C(=O)COc4ccccc43)c2)c1. The average molecular weight is 454 g/mol. The molecule has 2 amide bonds. The summed E-state index contributed by atoms with van der Waals surface area (Å²) in [4.78, 5) is 38.1. The molecule has 3 aromatic rings. The van der Waals surface area contributed by atoms with Gasteiger partial charge in [-0.05, 0) is 48.5 Å². The van der Waals surface area contributed by atoms with E-state index in [1.807, 2.05) is 18.2 Å². The predicted molar refractivity (Wildman–Crippen MR) is 128 cm³/mol. The van der Waals surface area contributed by atoms with Crippen molar-refractivity contribution in [3.8, 4) is 17.6 Å². The minimum atomic E-state index is -0.421. The molecule has 0 atom stereocenters. The van der Waals surface area contributed by atoms with E-state index in [2.05, 4.69) is 17.2 Å². The molecule has 0 aliphatic carbocycles. The van der Waals surface area contributed by atoms with E-state index in [-0.39, 0.29) is 31.4 Å². The fourth-order valence-corrected chi connectivity index (χ4v) is 3.50. The number of nitrogens with zero attached hydrogens (tertiary/aromatic N) is 1. The first-order chi connectivity index (χ1) is 16.5. The molecule has 0 radical (unpaired) electrons. The quantitative estimate of drug-likeness (QED) is 0.470. The van der Waals surface area contributed by atoms with E-state index in [1.165, 1.54) is 7.11 Å². The Kier molecular flexibility index (Phi) is 6.89. The van der Waals surface area contributed by atoms with E-state index < -0.39 is 5.97 Å². The third kappa shape index (κ3) is 5.43. The minimum Gasteiger partial charge on any atom is -0.482 e. The molecule has 7 heteroatoms. The summed E-state index contributed by atoms with van der Waals surface area (Å²) in [7, 11) is 1.33. The molecule has 34 heavy (non-hydrogen) atoms. The van der Waals surface area contributed by atoms with Crippen LogP contribution < -0.4 is 15.0 Å². The Morgan fingerprint density at radius 2 is 1.74 bits per heavy atom. The molecule has 3 aromatic carbocycles. The van der Waals surface area contributed by atoms with Crippen LogP contribution in [0.4, 0.5) is 11.4 Å². The number of methoxy groups -OCH3 is 1. The fourth-order valence-electron chi connectivity index (χ4n) is 3.50. The lowest BCUT2D eigenvalue weighted by Crippen LogP contribution is -2.40. The van der Waals surface area contributed by atoms with Gasteiger partial charge in [0.25, 0.3) is 5.91 Å². The molecule has 1 heterocycles. The third-order valence-electron chi connectivity index (χ3n) is 5.15. The van der Waals surface area contributed by atoms with Crippen LogP contribution in [0.2, 0.25) is 0 Å². The van der Waals surface area contributed by atoms with Gasteiger partial charge in [-0.3, -0.25) is 9.59 Å². The normalized spacial score (nSPS) is 12.0. The summed E-state index contributed by atoms with van der Waals surface area (Å²) in [5.41, 5.74) is 3.08. The number of nitrogens with one attached hydrogen (secondary N) is 1. The van der Waals surface area contributed by atoms with Crippen molar-refractivity contribution in [3.05, 3.63) is 89.5 Å². The van der Waals surface area contributed by atoms with Crippen LogP contribution in [0.25, 0.3) is 0 Å². The number of amides is 2. The maximum atomic E-state index is 12.5. The lowest BCUT2D eigenvalue weighted by Gasteiger charge is -2.29. The number of carbonyl (C=O) groups excluding carboxylic acids is 3. The van der Waals surface area contributed by atoms with Crippen molar-refractivity contribution in [2.24, 2.45) is 0 Å². The predicted octanol–water partition coefficient (Wildman–Crippen LogP) is 3.63. The van der Waals surface area contributed by atoms with Crippen molar-refractivity contribution in [1.29, 1.82) is 0 Å². The second-order valence-electron chi connectivity index (χ2n) is 7.50. The van der Waals surface area contributed by atoms with Crippen molar-refractivity contribution in [1.82, 2.24) is 0 Å². The average Bonchev–Trinajstić information content (AvgIpc) is 2.87. The Balaban J connectivity index is 1.39. The van der Waals surface area contributed by atoms with Gasteiger partial charge in [-0.15, -0.1) is 0 Å². The van der Waals surface area contributed by atoms with Crippen LogP contribution >= 0.6 is 0 Å². The number of esters is 1. The van der Waals surface area contributed by atoms with E-state index in [0.717, 1.165) is 0 Å². The lowest BCUT2D eigenvalue weighted by atomic mass is 10.1. The Hall–Kier alpha value is -4.57. The highest BCUT2D eigenvalue weighted by Crippen LogP contribution is 2.31. The monoisotopic (exact) mass is 454 g/mol. The van der Waals surface area contributed by atoms with Crippen LogP contribution in [0.1, 0.15) is 27.9 Å². The van der Waals surface area contributed by atoms with Gasteiger partial charge in [0.05, 0.1) is 18.4 Å². The fraction of sp³-hybridized carbons (Fsp3) is 0.148. The van der Waals surface area contributed by atoms with E-state index in [4.69, 9.17) is 9.47 Å². The number of carbonyl (C=O) groups is 3. The summed E-state index contributed by atoms with van der Waals surface area (Å²) in [6.45, 7) is 0.211. The van der Waals surface area contributed by atoms with Crippen LogP contribution in [-0.2, 0) is 14.3 Å². The highest BCUT2D eigenvalue weighted by Gasteiger charge is 2.25. The van der Waals surface area contributed by atoms with E-state index >= 15 is 0 Å². The molecule has 0 bridgehead atoms. The smallest absolute Gasteiger partial charge is 0.337 e. The van der Waals surface area contributed by atoms with E-state index in [9.17, 15) is 14.4 Å². The Morgan fingerprint density at radius 3 is 2.53 bits per heavy atom. The first-order valence-corrected chi connectivity index (χ1v) is 10.7. The second kappa shape index (κ2) is 10.4. The zero-order valence-electron chi connectivity index (χ0n) is 18.5. The molecule has 0 aromatic heterocycles. The first kappa shape index (κ1) is 22.6. The molecule has 0 unspecified atom stereocenters. The summed E-state index contributed by atoms with van der Waals surface area (Å²) in [5, 5.41) is 2.85. The molecule has 1 N–H and O–H groups in total. The molecule has 1 aliphatic heterocycles. The number of ether oxygens (including phenoxy) is 2. The summed E-state index contributed by atoms with van der Waals surface area (Å²) < 4.78 is 10.2. The van der Waals surface area contributed by atoms with Gasteiger partial charge >= 0.3 is 5.97 Å². The number of hydrogen-bond donors (Lipinski definition) is 1. The molecule has 7 nitrogen and oxygen atoms in total. The molecule has 1 aliphatic rings. The van der Waals surface area contributed by atoms with Gasteiger partial charge < -0.3 is 19.7 Å². The number of para-hydroxylation sites is 2. The first-order valence-electron chi connectivity index (χ1n) is 10.7. The van der Waals surface area contributed by atoms with Crippen molar-refractivity contribution in [3.63, 3.8) is 0 Å². The van der Waals surface area contributed by atoms with Gasteiger partial charge in [-0.2, -0.15) is 0 Å². The summed E-state index contributed by atoms with van der Waals surface area (Å²) in [5.74, 6) is 5.87. The van der Waals surface area contributed by atoms with Crippen molar-refractivity contribution in [2.45, 2.75) is 6.42 Å². The van der Waals surface area contributed by atoms with Crippen LogP contribution in [0.15, 0.2) is 72.8 Å². The van der Waals surface area contributed by atoms with Gasteiger partial charge in [-0.25, -0.2) is 4.79 Å². The molecule has 0 saturated heterocycles. The molecule has 0 spiro atoms. The largest absolute Gasteiger partial charge is 0.482 e. The maximum Gasteiger partial charge on any atom is 0.337 e. The minimum absolute atomic E-state index is 0.0398. The van der Waals surface area contributed by atoms with E-state index in [0.29, 0.717) is 33.8 Å². The number of anilines is 2. The van der Waals surface area contributed by atoms with Gasteiger partial charge in [-0.1, -0.05) is 36.1 Å². The van der Waals surface area contributed by atoms with Gasteiger partial charge in [0.2, 0.25) is 5.91 Å². The molecular formula is C27H22N2O5. The molecule has 0 fully saturated rings. The third-order valence-corrected chi connectivity index (χ3v) is 5.15. The van der Waals surface area contributed by atoms with E-state index in [1.54, 1.807) is 59.5 Å². The zero-order valence-corrected chi connectivity index (χ0v) is 18.5. The maximum absolute atomic E-state index is 12.5. The summed E-state index contributed by atoms with van der Waals surface area (Å²) >= 11 is 0. The van der Waals surface area contributed by atoms with Crippen LogP contribution in [0.5, 0.6) is 5.75 Å². The standard InChI is InChI=1S/C27H22N2O5/c1-33-27(32)21-8-4-6-19(16-21)12-13-20-7-5-9-22(17-20)28-25(30)14-15-29-23-10-2-3-11-24(23)34-18-26(29)31/h2-11,16-17H,14-15,18H2,1H3,(H,28,30). The molecule has 170 valence electrons. The van der Waals surface area contributed by atoms with Crippen LogP contribution in [-0.4, -0.2) is 38.0 Å². The highest BCUT2D eigenvalue weighted by atomic mass is 16.5. The number of hydrogen-bond acceptors (Lipinski definition) is 5. The van der Waals surface area contributed by atoms with Crippen molar-refractivity contribution < 1.29 is 23.9 Å². The van der Waals surface area contributed by atoms with Crippen LogP contribution in [0, 0.1) is 11.8 Å². The zero-order chi connectivity index (χ0) is 23.9. The molecule has 4 rings (SSSR count). The van der Waals surface area contributed by atoms with Crippen molar-refractivity contribution >= 4 is 29.2 Å². The Morgan fingerprint density at radius 1 is 1.00 bits per heavy atom. The topological polar surface area (TPSA) is 84.9 Å². The number of fused-ring (bicyclic) bond motifs is 1. The Bertz CT molecular complexity index is 1310. The number of benzene rings is 3. The molecular weight excluding hydrogens is 432 g/mol. The Labute approximate surface area is 197 Å². The van der Waals surface area contributed by atoms with Gasteiger partial charge in [0.1, 0.15) is 5.75 Å². The summed E-state index contributed by atoms with van der Waals surface area (Å²) in [6.07, 6.45) is 0.135. The van der Waals surface area contributed by atoms with Crippen LogP contribution in [0.3, 0.4) is 0 Å². The molecule has 0 saturated carbocycles. The van der Waals surface area contributed by atoms with Gasteiger partial charge in [0.15, 0.2) is 6.61 Å². The second-order valence-corrected chi connectivity index (χ2v) is 7.50. The summed E-state index contributed by atoms with van der Waals surface area (Å²) in [6, 6.07) is 21.3. The highest BCUT2D eigenvalue weighted by molar-refractivity contribution is 5.99. The number of rotatable bonds is 5. The van der Waals surface area contributed by atoms with Gasteiger partial charge in [0, 0.05) is 29.8 Å².